The number of fused-ring (bicyclic) bond motifs is 2. The molecule has 7 heteroatoms. The number of ketones is 1. The Morgan fingerprint density at radius 3 is 2.44 bits per heavy atom. The summed E-state index contributed by atoms with van der Waals surface area (Å²) >= 11 is 0. The molecule has 0 aromatic carbocycles. The van der Waals surface area contributed by atoms with Crippen molar-refractivity contribution in [2.75, 3.05) is 13.2 Å². The second-order valence-corrected chi connectivity index (χ2v) is 8.27. The van der Waals surface area contributed by atoms with Crippen molar-refractivity contribution in [2.45, 2.75) is 58.2 Å². The van der Waals surface area contributed by atoms with Gasteiger partial charge >= 0.3 is 6.09 Å². The summed E-state index contributed by atoms with van der Waals surface area (Å²) in [5.41, 5.74) is 0.973. The van der Waals surface area contributed by atoms with Gasteiger partial charge in [0.15, 0.2) is 5.78 Å². The van der Waals surface area contributed by atoms with Crippen LogP contribution in [0.2, 0.25) is 0 Å². The average Bonchev–Trinajstić information content (AvgIpc) is 2.58. The summed E-state index contributed by atoms with van der Waals surface area (Å²) in [6.45, 7) is 8.11. The van der Waals surface area contributed by atoms with Gasteiger partial charge < -0.3 is 9.47 Å². The summed E-state index contributed by atoms with van der Waals surface area (Å²) in [6.07, 6.45) is 2.20. The summed E-state index contributed by atoms with van der Waals surface area (Å²) in [6, 6.07) is 3.39. The smallest absolute Gasteiger partial charge is 0.410 e. The summed E-state index contributed by atoms with van der Waals surface area (Å²) in [7, 11) is 0. The van der Waals surface area contributed by atoms with Crippen LogP contribution in [0.15, 0.2) is 12.3 Å². The Morgan fingerprint density at radius 1 is 1.30 bits per heavy atom. The number of ether oxygens (including phenoxy) is 2. The largest absolute Gasteiger partial charge is 0.444 e. The molecule has 2 unspecified atom stereocenters. The van der Waals surface area contributed by atoms with Gasteiger partial charge in [-0.2, -0.15) is 5.26 Å². The number of nitriles is 1. The average molecular weight is 371 g/mol. The molecule has 0 N–H and O–H groups in total. The molecule has 2 bridgehead atoms. The lowest BCUT2D eigenvalue weighted by Gasteiger charge is -2.47. The van der Waals surface area contributed by atoms with Crippen molar-refractivity contribution in [3.05, 3.63) is 29.1 Å². The lowest BCUT2D eigenvalue weighted by atomic mass is 9.81. The number of piperidine rings is 1. The van der Waals surface area contributed by atoms with Crippen molar-refractivity contribution in [1.82, 2.24) is 9.88 Å². The number of aryl methyl sites for hydroxylation is 1. The molecule has 0 radical (unpaired) electrons. The van der Waals surface area contributed by atoms with E-state index in [0.29, 0.717) is 42.9 Å². The third-order valence-corrected chi connectivity index (χ3v) is 4.96. The Labute approximate surface area is 159 Å². The van der Waals surface area contributed by atoms with E-state index in [1.54, 1.807) is 17.9 Å². The van der Waals surface area contributed by atoms with E-state index in [1.807, 2.05) is 26.8 Å². The van der Waals surface area contributed by atoms with E-state index >= 15 is 0 Å². The quantitative estimate of drug-likeness (QED) is 0.742. The molecule has 2 aliphatic rings. The van der Waals surface area contributed by atoms with E-state index in [2.05, 4.69) is 4.98 Å². The van der Waals surface area contributed by atoms with Crippen LogP contribution in [-0.4, -0.2) is 52.7 Å². The Kier molecular flexibility index (Phi) is 5.20. The Balaban J connectivity index is 1.76. The van der Waals surface area contributed by atoms with Gasteiger partial charge in [0.25, 0.3) is 0 Å². The van der Waals surface area contributed by atoms with Gasteiger partial charge in [0.2, 0.25) is 0 Å². The molecule has 27 heavy (non-hydrogen) atoms. The molecular formula is C20H25N3O4. The summed E-state index contributed by atoms with van der Waals surface area (Å²) in [4.78, 5) is 31.4. The number of rotatable bonds is 2. The number of Topliss-reactive ketones (excluding diaryl/α,β-unsaturated/α-hetero) is 1. The molecule has 2 aliphatic heterocycles. The van der Waals surface area contributed by atoms with E-state index in [4.69, 9.17) is 14.7 Å². The Hall–Kier alpha value is -2.46. The van der Waals surface area contributed by atoms with Crippen LogP contribution in [0, 0.1) is 24.2 Å². The molecule has 1 aromatic heterocycles. The van der Waals surface area contributed by atoms with Crippen LogP contribution in [0.1, 0.15) is 55.2 Å². The number of amides is 1. The summed E-state index contributed by atoms with van der Waals surface area (Å²) in [5, 5.41) is 9.01. The van der Waals surface area contributed by atoms with E-state index in [1.165, 1.54) is 6.20 Å². The Bertz CT molecular complexity index is 779. The van der Waals surface area contributed by atoms with E-state index in [0.717, 1.165) is 0 Å². The maximum absolute atomic E-state index is 13.0. The zero-order chi connectivity index (χ0) is 19.8. The highest BCUT2D eigenvalue weighted by atomic mass is 16.6. The van der Waals surface area contributed by atoms with Crippen LogP contribution >= 0.6 is 0 Å². The van der Waals surface area contributed by atoms with Gasteiger partial charge in [-0.1, -0.05) is 0 Å². The molecule has 144 valence electrons. The van der Waals surface area contributed by atoms with Crippen molar-refractivity contribution >= 4 is 11.9 Å². The lowest BCUT2D eigenvalue weighted by molar-refractivity contribution is -0.0861. The number of morpholine rings is 1. The zero-order valence-electron chi connectivity index (χ0n) is 16.2. The summed E-state index contributed by atoms with van der Waals surface area (Å²) < 4.78 is 11.2. The normalized spacial score (nSPS) is 24.9. The number of hydrogen-bond acceptors (Lipinski definition) is 6. The van der Waals surface area contributed by atoms with Crippen molar-refractivity contribution in [3.63, 3.8) is 0 Å². The van der Waals surface area contributed by atoms with Gasteiger partial charge in [-0.25, -0.2) is 9.78 Å². The summed E-state index contributed by atoms with van der Waals surface area (Å²) in [5.74, 6) is -0.187. The van der Waals surface area contributed by atoms with Crippen molar-refractivity contribution in [2.24, 2.45) is 5.92 Å². The van der Waals surface area contributed by atoms with Crippen molar-refractivity contribution < 1.29 is 19.1 Å². The lowest BCUT2D eigenvalue weighted by Crippen LogP contribution is -2.60. The fraction of sp³-hybridized carbons (Fsp3) is 0.600. The maximum atomic E-state index is 13.0. The molecule has 3 heterocycles. The molecule has 2 atom stereocenters. The minimum atomic E-state index is -0.565. The van der Waals surface area contributed by atoms with Gasteiger partial charge in [0.1, 0.15) is 17.4 Å². The van der Waals surface area contributed by atoms with Crippen molar-refractivity contribution in [3.8, 4) is 6.07 Å². The SMILES string of the molecule is Cc1cc(C(=O)C2CC3COCC(C2)N3C(=O)OC(C)(C)C)cnc1C#N. The third kappa shape index (κ3) is 4.11. The highest BCUT2D eigenvalue weighted by Crippen LogP contribution is 2.34. The third-order valence-electron chi connectivity index (χ3n) is 4.96. The van der Waals surface area contributed by atoms with Crippen LogP contribution < -0.4 is 0 Å². The minimum absolute atomic E-state index is 0.0100. The van der Waals surface area contributed by atoms with Crippen LogP contribution in [0.25, 0.3) is 0 Å². The standard InChI is InChI=1S/C20H25N3O4/c1-12-5-14(9-22-17(12)8-21)18(24)13-6-15-10-26-11-16(7-13)23(15)19(25)27-20(2,3)4/h5,9,13,15-16H,6-7,10-11H2,1-4H3. The maximum Gasteiger partial charge on any atom is 0.410 e. The number of nitrogens with zero attached hydrogens (tertiary/aromatic N) is 3. The van der Waals surface area contributed by atoms with Crippen LogP contribution in [-0.2, 0) is 9.47 Å². The number of carbonyl (C=O) groups is 2. The number of pyridine rings is 1. The minimum Gasteiger partial charge on any atom is -0.444 e. The molecule has 2 fully saturated rings. The zero-order valence-corrected chi connectivity index (χ0v) is 16.2. The van der Waals surface area contributed by atoms with E-state index < -0.39 is 5.60 Å². The molecule has 0 spiro atoms. The number of hydrogen-bond donors (Lipinski definition) is 0. The first-order valence-corrected chi connectivity index (χ1v) is 9.19. The first-order chi connectivity index (χ1) is 12.7. The molecule has 0 saturated carbocycles. The second kappa shape index (κ2) is 7.28. The monoisotopic (exact) mass is 371 g/mol. The fourth-order valence-corrected chi connectivity index (χ4v) is 3.80. The highest BCUT2D eigenvalue weighted by molar-refractivity contribution is 5.98. The van der Waals surface area contributed by atoms with Crippen LogP contribution in [0.5, 0.6) is 0 Å². The second-order valence-electron chi connectivity index (χ2n) is 8.27. The molecule has 1 amide bonds. The first-order valence-electron chi connectivity index (χ1n) is 9.19. The molecule has 7 nitrogen and oxygen atoms in total. The molecule has 2 saturated heterocycles. The first kappa shape index (κ1) is 19.3. The fourth-order valence-electron chi connectivity index (χ4n) is 3.80. The van der Waals surface area contributed by atoms with Crippen molar-refractivity contribution in [1.29, 1.82) is 5.26 Å². The topological polar surface area (TPSA) is 92.5 Å². The number of carbonyl (C=O) groups excluding carboxylic acids is 2. The Morgan fingerprint density at radius 2 is 1.93 bits per heavy atom. The predicted octanol–water partition coefficient (Wildman–Crippen LogP) is 2.86. The molecule has 3 rings (SSSR count). The van der Waals surface area contributed by atoms with Crippen LogP contribution in [0.4, 0.5) is 4.79 Å². The molecule has 1 aromatic rings. The van der Waals surface area contributed by atoms with Gasteiger partial charge in [-0.15, -0.1) is 0 Å². The molecular weight excluding hydrogens is 346 g/mol. The van der Waals surface area contributed by atoms with E-state index in [-0.39, 0.29) is 29.9 Å². The van der Waals surface area contributed by atoms with Gasteiger partial charge in [0.05, 0.1) is 25.3 Å². The predicted molar refractivity (Wildman–Crippen MR) is 97.2 cm³/mol. The highest BCUT2D eigenvalue weighted by Gasteiger charge is 2.45. The van der Waals surface area contributed by atoms with Gasteiger partial charge in [-0.3, -0.25) is 9.69 Å². The van der Waals surface area contributed by atoms with Gasteiger partial charge in [-0.05, 0) is 52.2 Å². The molecule has 0 aliphatic carbocycles. The van der Waals surface area contributed by atoms with E-state index in [9.17, 15) is 9.59 Å². The van der Waals surface area contributed by atoms with Crippen LogP contribution in [0.3, 0.4) is 0 Å². The number of aromatic nitrogens is 1. The van der Waals surface area contributed by atoms with Gasteiger partial charge in [0, 0.05) is 17.7 Å².